The van der Waals surface area contributed by atoms with E-state index in [9.17, 15) is 0 Å². The van der Waals surface area contributed by atoms with Gasteiger partial charge >= 0.3 is 0 Å². The Morgan fingerprint density at radius 2 is 2.16 bits per heavy atom. The van der Waals surface area contributed by atoms with Crippen molar-refractivity contribution in [2.75, 3.05) is 31.6 Å². The van der Waals surface area contributed by atoms with Crippen molar-refractivity contribution in [3.05, 3.63) is 29.3 Å². The monoisotopic (exact) mass is 262 g/mol. The van der Waals surface area contributed by atoms with Crippen LogP contribution in [0, 0.1) is 0 Å². The lowest BCUT2D eigenvalue weighted by Gasteiger charge is -2.23. The smallest absolute Gasteiger partial charge is 0.0718 e. The molecule has 0 bridgehead atoms. The van der Waals surface area contributed by atoms with Crippen LogP contribution in [0.15, 0.2) is 18.2 Å². The SMILES string of the molecule is CCNC(C)c1ccc2c(c1)CCN2CC(C)OC. The van der Waals surface area contributed by atoms with Gasteiger partial charge in [-0.1, -0.05) is 19.1 Å². The van der Waals surface area contributed by atoms with Gasteiger partial charge in [-0.25, -0.2) is 0 Å². The molecule has 19 heavy (non-hydrogen) atoms. The second kappa shape index (κ2) is 6.40. The van der Waals surface area contributed by atoms with Gasteiger partial charge < -0.3 is 15.0 Å². The van der Waals surface area contributed by atoms with Crippen molar-refractivity contribution >= 4 is 5.69 Å². The molecule has 0 amide bonds. The van der Waals surface area contributed by atoms with Gasteiger partial charge in [0.25, 0.3) is 0 Å². The van der Waals surface area contributed by atoms with Crippen LogP contribution in [0.4, 0.5) is 5.69 Å². The first-order valence-corrected chi connectivity index (χ1v) is 7.29. The third-order valence-corrected chi connectivity index (χ3v) is 3.99. The highest BCUT2D eigenvalue weighted by Gasteiger charge is 2.21. The van der Waals surface area contributed by atoms with Crippen LogP contribution >= 0.6 is 0 Å². The number of anilines is 1. The fourth-order valence-corrected chi connectivity index (χ4v) is 2.76. The first-order valence-electron chi connectivity index (χ1n) is 7.29. The molecule has 2 rings (SSSR count). The summed E-state index contributed by atoms with van der Waals surface area (Å²) in [5, 5.41) is 3.47. The highest BCUT2D eigenvalue weighted by molar-refractivity contribution is 5.59. The van der Waals surface area contributed by atoms with Crippen LogP contribution in [0.5, 0.6) is 0 Å². The standard InChI is InChI=1S/C16H26N2O/c1-5-17-13(3)14-6-7-16-15(10-14)8-9-18(16)11-12(2)19-4/h6-7,10,12-13,17H,5,8-9,11H2,1-4H3. The van der Waals surface area contributed by atoms with Crippen LogP contribution in [0.3, 0.4) is 0 Å². The van der Waals surface area contributed by atoms with E-state index < -0.39 is 0 Å². The molecule has 3 heteroatoms. The Hall–Kier alpha value is -1.06. The van der Waals surface area contributed by atoms with Crippen molar-refractivity contribution in [3.8, 4) is 0 Å². The van der Waals surface area contributed by atoms with Crippen molar-refractivity contribution in [1.29, 1.82) is 0 Å². The predicted molar refractivity (Wildman–Crippen MR) is 80.9 cm³/mol. The van der Waals surface area contributed by atoms with Crippen LogP contribution in [-0.4, -0.2) is 32.8 Å². The minimum Gasteiger partial charge on any atom is -0.380 e. The molecule has 0 spiro atoms. The van der Waals surface area contributed by atoms with E-state index in [2.05, 4.69) is 49.2 Å². The van der Waals surface area contributed by atoms with E-state index in [0.29, 0.717) is 6.04 Å². The van der Waals surface area contributed by atoms with Crippen LogP contribution < -0.4 is 10.2 Å². The van der Waals surface area contributed by atoms with Crippen molar-refractivity contribution in [3.63, 3.8) is 0 Å². The molecule has 0 aliphatic carbocycles. The molecule has 1 aliphatic heterocycles. The van der Waals surface area contributed by atoms with E-state index in [1.807, 2.05) is 0 Å². The molecule has 1 N–H and O–H groups in total. The number of hydrogen-bond donors (Lipinski definition) is 1. The maximum atomic E-state index is 5.37. The molecule has 1 aromatic carbocycles. The lowest BCUT2D eigenvalue weighted by molar-refractivity contribution is 0.123. The largest absolute Gasteiger partial charge is 0.380 e. The van der Waals surface area contributed by atoms with Gasteiger partial charge in [0.1, 0.15) is 0 Å². The molecule has 0 aromatic heterocycles. The van der Waals surface area contributed by atoms with E-state index in [4.69, 9.17) is 4.74 Å². The number of nitrogens with one attached hydrogen (secondary N) is 1. The minimum absolute atomic E-state index is 0.284. The molecule has 2 atom stereocenters. The van der Waals surface area contributed by atoms with Gasteiger partial charge in [0.2, 0.25) is 0 Å². The highest BCUT2D eigenvalue weighted by Crippen LogP contribution is 2.30. The molecular formula is C16H26N2O. The van der Waals surface area contributed by atoms with E-state index in [1.54, 1.807) is 7.11 Å². The first-order chi connectivity index (χ1) is 9.15. The van der Waals surface area contributed by atoms with Crippen LogP contribution in [-0.2, 0) is 11.2 Å². The quantitative estimate of drug-likeness (QED) is 0.853. The van der Waals surface area contributed by atoms with Crippen molar-refractivity contribution in [2.45, 2.75) is 39.3 Å². The summed E-state index contributed by atoms with van der Waals surface area (Å²) < 4.78 is 5.37. The van der Waals surface area contributed by atoms with E-state index in [1.165, 1.54) is 16.8 Å². The summed E-state index contributed by atoms with van der Waals surface area (Å²) in [6.45, 7) is 9.60. The predicted octanol–water partition coefficient (Wildman–Crippen LogP) is 2.75. The number of ether oxygens (including phenoxy) is 1. The first kappa shape index (κ1) is 14.4. The lowest BCUT2D eigenvalue weighted by atomic mass is 10.0. The second-order valence-electron chi connectivity index (χ2n) is 5.41. The Labute approximate surface area is 116 Å². The third-order valence-electron chi connectivity index (χ3n) is 3.99. The Morgan fingerprint density at radius 3 is 2.84 bits per heavy atom. The maximum Gasteiger partial charge on any atom is 0.0718 e. The van der Waals surface area contributed by atoms with Crippen LogP contribution in [0.25, 0.3) is 0 Å². The molecule has 1 heterocycles. The number of methoxy groups -OCH3 is 1. The highest BCUT2D eigenvalue weighted by atomic mass is 16.5. The fourth-order valence-electron chi connectivity index (χ4n) is 2.76. The third kappa shape index (κ3) is 3.28. The number of rotatable bonds is 6. The van der Waals surface area contributed by atoms with Gasteiger partial charge in [-0.05, 0) is 44.0 Å². The van der Waals surface area contributed by atoms with Gasteiger partial charge in [0, 0.05) is 31.9 Å². The molecule has 0 fully saturated rings. The number of fused-ring (bicyclic) bond motifs is 1. The van der Waals surface area contributed by atoms with Gasteiger partial charge in [-0.2, -0.15) is 0 Å². The average molecular weight is 262 g/mol. The molecule has 1 aliphatic rings. The maximum absolute atomic E-state index is 5.37. The van der Waals surface area contributed by atoms with Gasteiger partial charge in [-0.3, -0.25) is 0 Å². The van der Waals surface area contributed by atoms with E-state index in [0.717, 1.165) is 26.1 Å². The average Bonchev–Trinajstić information content (AvgIpc) is 2.81. The zero-order valence-corrected chi connectivity index (χ0v) is 12.6. The lowest BCUT2D eigenvalue weighted by Crippen LogP contribution is -2.30. The number of nitrogens with zero attached hydrogens (tertiary/aromatic N) is 1. The summed E-state index contributed by atoms with van der Waals surface area (Å²) in [4.78, 5) is 2.44. The molecule has 106 valence electrons. The Kier molecular flexibility index (Phi) is 4.83. The van der Waals surface area contributed by atoms with Crippen molar-refractivity contribution in [1.82, 2.24) is 5.32 Å². The fraction of sp³-hybridized carbons (Fsp3) is 0.625. The number of benzene rings is 1. The zero-order valence-electron chi connectivity index (χ0n) is 12.6. The van der Waals surface area contributed by atoms with E-state index >= 15 is 0 Å². The molecule has 2 unspecified atom stereocenters. The van der Waals surface area contributed by atoms with E-state index in [-0.39, 0.29) is 6.10 Å². The van der Waals surface area contributed by atoms with Crippen molar-refractivity contribution < 1.29 is 4.74 Å². The summed E-state index contributed by atoms with van der Waals surface area (Å²) in [5.41, 5.74) is 4.25. The molecule has 0 radical (unpaired) electrons. The summed E-state index contributed by atoms with van der Waals surface area (Å²) in [6.07, 6.45) is 1.43. The Bertz CT molecular complexity index is 419. The molecular weight excluding hydrogens is 236 g/mol. The normalized spacial score (nSPS) is 17.4. The molecule has 0 saturated heterocycles. The summed E-state index contributed by atoms with van der Waals surface area (Å²) >= 11 is 0. The number of hydrogen-bond acceptors (Lipinski definition) is 3. The van der Waals surface area contributed by atoms with Crippen LogP contribution in [0.2, 0.25) is 0 Å². The van der Waals surface area contributed by atoms with Gasteiger partial charge in [0.15, 0.2) is 0 Å². The second-order valence-corrected chi connectivity index (χ2v) is 5.41. The van der Waals surface area contributed by atoms with Gasteiger partial charge in [0.05, 0.1) is 6.10 Å². The van der Waals surface area contributed by atoms with Crippen molar-refractivity contribution in [2.24, 2.45) is 0 Å². The summed E-state index contributed by atoms with van der Waals surface area (Å²) in [5.74, 6) is 0. The Morgan fingerprint density at radius 1 is 1.37 bits per heavy atom. The minimum atomic E-state index is 0.284. The molecule has 0 saturated carbocycles. The summed E-state index contributed by atoms with van der Waals surface area (Å²) in [7, 11) is 1.78. The van der Waals surface area contributed by atoms with Gasteiger partial charge in [-0.15, -0.1) is 0 Å². The van der Waals surface area contributed by atoms with Crippen LogP contribution in [0.1, 0.15) is 37.9 Å². The summed E-state index contributed by atoms with van der Waals surface area (Å²) in [6, 6.07) is 7.32. The Balaban J connectivity index is 2.11. The topological polar surface area (TPSA) is 24.5 Å². The molecule has 3 nitrogen and oxygen atoms in total. The molecule has 1 aromatic rings. The zero-order chi connectivity index (χ0) is 13.8.